The van der Waals surface area contributed by atoms with Crippen LogP contribution in [0.25, 0.3) is 0 Å². The quantitative estimate of drug-likeness (QED) is 0.728. The molecule has 2 aliphatic carbocycles. The summed E-state index contributed by atoms with van der Waals surface area (Å²) in [5.74, 6) is 1.67. The smallest absolute Gasteiger partial charge is 0.167 e. The van der Waals surface area contributed by atoms with Crippen molar-refractivity contribution in [1.29, 1.82) is 0 Å². The second-order valence-corrected chi connectivity index (χ2v) is 5.53. The summed E-state index contributed by atoms with van der Waals surface area (Å²) in [4.78, 5) is 11.2. The fraction of sp³-hybridized carbons (Fsp3) is 0.938. The first-order valence-electron chi connectivity index (χ1n) is 7.81. The van der Waals surface area contributed by atoms with Crippen LogP contribution in [0.5, 0.6) is 0 Å². The molecule has 0 unspecified atom stereocenters. The lowest BCUT2D eigenvalue weighted by molar-refractivity contribution is -0.229. The van der Waals surface area contributed by atoms with Crippen molar-refractivity contribution in [2.75, 3.05) is 14.2 Å². The molecule has 0 aliphatic heterocycles. The van der Waals surface area contributed by atoms with Gasteiger partial charge < -0.3 is 9.47 Å². The van der Waals surface area contributed by atoms with Gasteiger partial charge in [-0.1, -0.05) is 13.8 Å². The number of ether oxygens (including phenoxy) is 2. The van der Waals surface area contributed by atoms with Crippen molar-refractivity contribution < 1.29 is 14.3 Å². The molecule has 2 aliphatic rings. The number of hydrogen-bond donors (Lipinski definition) is 0. The van der Waals surface area contributed by atoms with E-state index >= 15 is 0 Å². The van der Waals surface area contributed by atoms with Gasteiger partial charge in [0.15, 0.2) is 5.79 Å². The maximum absolute atomic E-state index is 11.2. The van der Waals surface area contributed by atoms with Gasteiger partial charge in [-0.2, -0.15) is 0 Å². The molecule has 2 fully saturated rings. The summed E-state index contributed by atoms with van der Waals surface area (Å²) in [7, 11) is 3.48. The highest BCUT2D eigenvalue weighted by Crippen LogP contribution is 2.42. The zero-order valence-electron chi connectivity index (χ0n) is 13.0. The average molecular weight is 270 g/mol. The monoisotopic (exact) mass is 270 g/mol. The summed E-state index contributed by atoms with van der Waals surface area (Å²) in [6.45, 7) is 4.00. The van der Waals surface area contributed by atoms with E-state index in [1.54, 1.807) is 14.2 Å². The van der Waals surface area contributed by atoms with Gasteiger partial charge in [0.1, 0.15) is 5.78 Å². The van der Waals surface area contributed by atoms with Gasteiger partial charge in [0.25, 0.3) is 0 Å². The van der Waals surface area contributed by atoms with Crippen LogP contribution < -0.4 is 0 Å². The van der Waals surface area contributed by atoms with E-state index in [9.17, 15) is 4.79 Å². The Balaban J connectivity index is 0.000000861. The first-order chi connectivity index (χ1) is 9.19. The van der Waals surface area contributed by atoms with Crippen molar-refractivity contribution in [3.63, 3.8) is 0 Å². The van der Waals surface area contributed by atoms with Gasteiger partial charge in [0.05, 0.1) is 0 Å². The minimum Gasteiger partial charge on any atom is -0.353 e. The van der Waals surface area contributed by atoms with Crippen molar-refractivity contribution in [1.82, 2.24) is 0 Å². The Morgan fingerprint density at radius 3 is 1.74 bits per heavy atom. The molecule has 0 aromatic heterocycles. The van der Waals surface area contributed by atoms with Crippen LogP contribution in [0.2, 0.25) is 0 Å². The predicted octanol–water partition coefficient (Wildman–Crippen LogP) is 3.95. The molecule has 2 rings (SSSR count). The minimum atomic E-state index is -0.332. The van der Waals surface area contributed by atoms with E-state index < -0.39 is 0 Å². The second kappa shape index (κ2) is 8.01. The lowest BCUT2D eigenvalue weighted by Crippen LogP contribution is -2.39. The van der Waals surface area contributed by atoms with Crippen LogP contribution >= 0.6 is 0 Å². The van der Waals surface area contributed by atoms with E-state index in [0.717, 1.165) is 50.4 Å². The SMILES string of the molecule is CC.COC1(OC)CCC(C2CCC(=O)CC2)CC1. The molecule has 2 saturated carbocycles. The first-order valence-corrected chi connectivity index (χ1v) is 7.81. The van der Waals surface area contributed by atoms with Crippen molar-refractivity contribution in [3.05, 3.63) is 0 Å². The van der Waals surface area contributed by atoms with Gasteiger partial charge in [-0.15, -0.1) is 0 Å². The maximum atomic E-state index is 11.2. The molecule has 0 bridgehead atoms. The first kappa shape index (κ1) is 16.6. The Hall–Kier alpha value is -0.410. The third-order valence-corrected chi connectivity index (χ3v) is 4.79. The van der Waals surface area contributed by atoms with Crippen molar-refractivity contribution in [2.24, 2.45) is 11.8 Å². The molecule has 3 nitrogen and oxygen atoms in total. The number of carbonyl (C=O) groups excluding carboxylic acids is 1. The zero-order valence-corrected chi connectivity index (χ0v) is 13.0. The van der Waals surface area contributed by atoms with Crippen LogP contribution in [0, 0.1) is 11.8 Å². The average Bonchev–Trinajstić information content (AvgIpc) is 2.50. The highest BCUT2D eigenvalue weighted by Gasteiger charge is 2.38. The molecular formula is C16H30O3. The number of hydrogen-bond acceptors (Lipinski definition) is 3. The summed E-state index contributed by atoms with van der Waals surface area (Å²) in [5.41, 5.74) is 0. The maximum Gasteiger partial charge on any atom is 0.167 e. The van der Waals surface area contributed by atoms with Crippen LogP contribution in [0.4, 0.5) is 0 Å². The van der Waals surface area contributed by atoms with E-state index in [2.05, 4.69) is 0 Å². The van der Waals surface area contributed by atoms with Crippen LogP contribution in [-0.2, 0) is 14.3 Å². The van der Waals surface area contributed by atoms with Gasteiger partial charge in [0.2, 0.25) is 0 Å². The minimum absolute atomic E-state index is 0.332. The molecule has 0 N–H and O–H groups in total. The number of Topliss-reactive ketones (excluding diaryl/α,β-unsaturated/α-hetero) is 1. The van der Waals surface area contributed by atoms with Crippen LogP contribution in [0.15, 0.2) is 0 Å². The molecule has 112 valence electrons. The molecule has 19 heavy (non-hydrogen) atoms. The molecule has 0 spiro atoms. The molecule has 0 amide bonds. The van der Waals surface area contributed by atoms with Crippen LogP contribution in [0.3, 0.4) is 0 Å². The third-order valence-electron chi connectivity index (χ3n) is 4.79. The number of methoxy groups -OCH3 is 2. The summed E-state index contributed by atoms with van der Waals surface area (Å²) < 4.78 is 11.0. The van der Waals surface area contributed by atoms with E-state index in [1.807, 2.05) is 13.8 Å². The summed E-state index contributed by atoms with van der Waals surface area (Å²) in [6.07, 6.45) is 8.18. The van der Waals surface area contributed by atoms with E-state index in [0.29, 0.717) is 5.78 Å². The summed E-state index contributed by atoms with van der Waals surface area (Å²) >= 11 is 0. The number of ketones is 1. The standard InChI is InChI=1S/C14H24O3.C2H6/c1-16-14(17-2)9-7-12(8-10-14)11-3-5-13(15)6-4-11;1-2/h11-12H,3-10H2,1-2H3;1-2H3. The Kier molecular flexibility index (Phi) is 7.01. The Morgan fingerprint density at radius 2 is 1.32 bits per heavy atom. The van der Waals surface area contributed by atoms with Gasteiger partial charge in [0, 0.05) is 39.9 Å². The van der Waals surface area contributed by atoms with Crippen LogP contribution in [-0.4, -0.2) is 25.8 Å². The number of carbonyl (C=O) groups is 1. The highest BCUT2D eigenvalue weighted by atomic mass is 16.7. The zero-order chi connectivity index (χ0) is 14.3. The molecular weight excluding hydrogens is 240 g/mol. The molecule has 0 aromatic carbocycles. The fourth-order valence-electron chi connectivity index (χ4n) is 3.48. The fourth-order valence-corrected chi connectivity index (χ4v) is 3.48. The molecule has 0 heterocycles. The van der Waals surface area contributed by atoms with Crippen molar-refractivity contribution in [2.45, 2.75) is 71.0 Å². The predicted molar refractivity (Wildman–Crippen MR) is 77.0 cm³/mol. The lowest BCUT2D eigenvalue weighted by atomic mass is 9.72. The summed E-state index contributed by atoms with van der Waals surface area (Å²) in [5, 5.41) is 0. The van der Waals surface area contributed by atoms with Gasteiger partial charge in [-0.3, -0.25) is 4.79 Å². The van der Waals surface area contributed by atoms with Gasteiger partial charge in [-0.25, -0.2) is 0 Å². The van der Waals surface area contributed by atoms with Crippen LogP contribution in [0.1, 0.15) is 65.2 Å². The van der Waals surface area contributed by atoms with Crippen molar-refractivity contribution in [3.8, 4) is 0 Å². The molecule has 3 heteroatoms. The Bertz CT molecular complexity index is 251. The third kappa shape index (κ3) is 4.28. The number of rotatable bonds is 3. The van der Waals surface area contributed by atoms with E-state index in [4.69, 9.17) is 9.47 Å². The molecule has 0 radical (unpaired) electrons. The van der Waals surface area contributed by atoms with Crippen molar-refractivity contribution >= 4 is 5.78 Å². The normalized spacial score (nSPS) is 24.7. The Morgan fingerprint density at radius 1 is 0.895 bits per heavy atom. The second-order valence-electron chi connectivity index (χ2n) is 5.53. The largest absolute Gasteiger partial charge is 0.353 e. The highest BCUT2D eigenvalue weighted by molar-refractivity contribution is 5.79. The lowest BCUT2D eigenvalue weighted by Gasteiger charge is -2.41. The molecule has 0 saturated heterocycles. The summed E-state index contributed by atoms with van der Waals surface area (Å²) in [6, 6.07) is 0. The topological polar surface area (TPSA) is 35.5 Å². The Labute approximate surface area is 118 Å². The molecule has 0 aromatic rings. The van der Waals surface area contributed by atoms with Gasteiger partial charge >= 0.3 is 0 Å². The van der Waals surface area contributed by atoms with Gasteiger partial charge in [-0.05, 0) is 37.5 Å². The van der Waals surface area contributed by atoms with E-state index in [-0.39, 0.29) is 5.79 Å². The van der Waals surface area contributed by atoms with E-state index in [1.165, 1.54) is 12.8 Å². The molecule has 0 atom stereocenters.